The second kappa shape index (κ2) is 9.28. The van der Waals surface area contributed by atoms with E-state index in [1.165, 1.54) is 6.92 Å². The molecule has 2 rings (SSSR count). The third kappa shape index (κ3) is 5.61. The van der Waals surface area contributed by atoms with Crippen molar-refractivity contribution in [3.63, 3.8) is 0 Å². The van der Waals surface area contributed by atoms with Crippen LogP contribution in [0.15, 0.2) is 40.1 Å². The Labute approximate surface area is 166 Å². The molecule has 0 aliphatic carbocycles. The number of H-pyrrole nitrogens is 1. The van der Waals surface area contributed by atoms with Crippen molar-refractivity contribution in [3.05, 3.63) is 62.7 Å². The van der Waals surface area contributed by atoms with Crippen LogP contribution >= 0.6 is 0 Å². The number of aromatic nitrogens is 2. The van der Waals surface area contributed by atoms with Crippen LogP contribution in [0.25, 0.3) is 0 Å². The molecule has 10 heteroatoms. The first-order valence-corrected chi connectivity index (χ1v) is 9.04. The van der Waals surface area contributed by atoms with Crippen molar-refractivity contribution in [2.75, 3.05) is 5.32 Å². The zero-order chi connectivity index (χ0) is 21.7. The van der Waals surface area contributed by atoms with Gasteiger partial charge in [-0.15, -0.1) is 0 Å². The Morgan fingerprint density at radius 1 is 1.14 bits per heavy atom. The Morgan fingerprint density at radius 2 is 1.76 bits per heavy atom. The fraction of sp³-hybridized carbons (Fsp3) is 0.368. The monoisotopic (exact) mass is 405 g/mol. The molecule has 156 valence electrons. The van der Waals surface area contributed by atoms with Gasteiger partial charge in [-0.05, 0) is 30.5 Å². The SMILES string of the molecule is CC(C)[C@H](N)C(=O)N[C@@H](C)C(=O)Nc1ccc(Cn2c(=O)[nH]cc(F)c2=O)cc1. The standard InChI is InChI=1S/C19H24FN5O4/c1-10(2)15(21)17(27)23-11(3)16(26)24-13-6-4-12(5-7-13)9-25-18(28)14(20)8-22-19(25)29/h4-8,10-11,15H,9,21H2,1-3H3,(H,22,29)(H,23,27)(H,24,26)/t11-,15-/m0/s1. The average molecular weight is 405 g/mol. The van der Waals surface area contributed by atoms with Crippen LogP contribution in [0.3, 0.4) is 0 Å². The predicted molar refractivity (Wildman–Crippen MR) is 106 cm³/mol. The quantitative estimate of drug-likeness (QED) is 0.519. The van der Waals surface area contributed by atoms with Crippen LogP contribution < -0.4 is 27.6 Å². The van der Waals surface area contributed by atoms with Crippen LogP contribution in [-0.2, 0) is 16.1 Å². The first-order chi connectivity index (χ1) is 13.6. The molecule has 1 heterocycles. The van der Waals surface area contributed by atoms with E-state index < -0.39 is 41.0 Å². The molecule has 0 spiro atoms. The number of aromatic amines is 1. The molecule has 2 atom stereocenters. The second-order valence-corrected chi connectivity index (χ2v) is 7.02. The van der Waals surface area contributed by atoms with Crippen LogP contribution in [-0.4, -0.2) is 33.4 Å². The number of nitrogens with two attached hydrogens (primary N) is 1. The number of rotatable bonds is 7. The molecular formula is C19H24FN5O4. The zero-order valence-corrected chi connectivity index (χ0v) is 16.4. The normalized spacial score (nSPS) is 13.0. The molecular weight excluding hydrogens is 381 g/mol. The van der Waals surface area contributed by atoms with E-state index in [1.807, 2.05) is 13.8 Å². The first-order valence-electron chi connectivity index (χ1n) is 9.04. The molecule has 1 aromatic heterocycles. The summed E-state index contributed by atoms with van der Waals surface area (Å²) in [6.45, 7) is 5.03. The van der Waals surface area contributed by atoms with Crippen LogP contribution in [0.4, 0.5) is 10.1 Å². The van der Waals surface area contributed by atoms with Crippen molar-refractivity contribution in [3.8, 4) is 0 Å². The summed E-state index contributed by atoms with van der Waals surface area (Å²) in [7, 11) is 0. The van der Waals surface area contributed by atoms with Crippen molar-refractivity contribution in [1.29, 1.82) is 0 Å². The molecule has 0 radical (unpaired) electrons. The Kier molecular flexibility index (Phi) is 7.05. The number of amides is 2. The lowest BCUT2D eigenvalue weighted by atomic mass is 10.0. The lowest BCUT2D eigenvalue weighted by Crippen LogP contribution is -2.50. The Balaban J connectivity index is 2.01. The van der Waals surface area contributed by atoms with Gasteiger partial charge in [-0.1, -0.05) is 26.0 Å². The van der Waals surface area contributed by atoms with Gasteiger partial charge in [0.25, 0.3) is 5.56 Å². The lowest BCUT2D eigenvalue weighted by molar-refractivity contribution is -0.127. The van der Waals surface area contributed by atoms with Gasteiger partial charge in [0, 0.05) is 11.9 Å². The minimum atomic E-state index is -1.05. The maximum atomic E-state index is 13.3. The van der Waals surface area contributed by atoms with Gasteiger partial charge in [0.2, 0.25) is 17.6 Å². The summed E-state index contributed by atoms with van der Waals surface area (Å²) in [6.07, 6.45) is 0.716. The molecule has 0 saturated carbocycles. The van der Waals surface area contributed by atoms with Crippen LogP contribution in [0.1, 0.15) is 26.3 Å². The number of carbonyl (C=O) groups is 2. The van der Waals surface area contributed by atoms with Crippen LogP contribution in [0.2, 0.25) is 0 Å². The maximum Gasteiger partial charge on any atom is 0.328 e. The van der Waals surface area contributed by atoms with Crippen LogP contribution in [0.5, 0.6) is 0 Å². The molecule has 0 fully saturated rings. The highest BCUT2D eigenvalue weighted by atomic mass is 19.1. The van der Waals surface area contributed by atoms with Gasteiger partial charge < -0.3 is 21.4 Å². The summed E-state index contributed by atoms with van der Waals surface area (Å²) in [4.78, 5) is 49.8. The fourth-order valence-corrected chi connectivity index (χ4v) is 2.43. The van der Waals surface area contributed by atoms with Crippen molar-refractivity contribution in [2.45, 2.75) is 39.4 Å². The number of nitrogens with zero attached hydrogens (tertiary/aromatic N) is 1. The Bertz CT molecular complexity index is 997. The number of hydrogen-bond acceptors (Lipinski definition) is 5. The number of benzene rings is 1. The van der Waals surface area contributed by atoms with Gasteiger partial charge in [0.1, 0.15) is 6.04 Å². The largest absolute Gasteiger partial charge is 0.343 e. The molecule has 2 amide bonds. The summed E-state index contributed by atoms with van der Waals surface area (Å²) in [5.41, 5.74) is 5.03. The summed E-state index contributed by atoms with van der Waals surface area (Å²) in [5, 5.41) is 5.20. The minimum Gasteiger partial charge on any atom is -0.343 e. The van der Waals surface area contributed by atoms with E-state index in [0.717, 1.165) is 4.57 Å². The molecule has 0 aliphatic heterocycles. The third-order valence-corrected chi connectivity index (χ3v) is 4.35. The topological polar surface area (TPSA) is 139 Å². The summed E-state index contributed by atoms with van der Waals surface area (Å²) >= 11 is 0. The average Bonchev–Trinajstić information content (AvgIpc) is 2.68. The molecule has 0 aliphatic rings. The predicted octanol–water partition coefficient (Wildman–Crippen LogP) is 0.151. The number of carbonyl (C=O) groups excluding carboxylic acids is 2. The summed E-state index contributed by atoms with van der Waals surface area (Å²) in [5.74, 6) is -1.96. The van der Waals surface area contributed by atoms with E-state index in [-0.39, 0.29) is 12.5 Å². The van der Waals surface area contributed by atoms with Crippen molar-refractivity contribution in [1.82, 2.24) is 14.9 Å². The molecule has 0 bridgehead atoms. The lowest BCUT2D eigenvalue weighted by Gasteiger charge is -2.19. The first kappa shape index (κ1) is 22.0. The van der Waals surface area contributed by atoms with E-state index in [1.54, 1.807) is 24.3 Å². The third-order valence-electron chi connectivity index (χ3n) is 4.35. The number of nitrogens with one attached hydrogen (secondary N) is 3. The van der Waals surface area contributed by atoms with E-state index in [2.05, 4.69) is 15.6 Å². The molecule has 1 aromatic carbocycles. The van der Waals surface area contributed by atoms with E-state index in [9.17, 15) is 23.6 Å². The molecule has 9 nitrogen and oxygen atoms in total. The van der Waals surface area contributed by atoms with Crippen molar-refractivity contribution in [2.24, 2.45) is 11.7 Å². The highest BCUT2D eigenvalue weighted by Gasteiger charge is 2.22. The Hall–Kier alpha value is -3.27. The summed E-state index contributed by atoms with van der Waals surface area (Å²) < 4.78 is 14.1. The number of anilines is 1. The van der Waals surface area contributed by atoms with Gasteiger partial charge in [-0.2, -0.15) is 4.39 Å². The molecule has 29 heavy (non-hydrogen) atoms. The second-order valence-electron chi connectivity index (χ2n) is 7.02. The maximum absolute atomic E-state index is 13.3. The Morgan fingerprint density at radius 3 is 2.34 bits per heavy atom. The van der Waals surface area contributed by atoms with E-state index in [0.29, 0.717) is 17.4 Å². The van der Waals surface area contributed by atoms with Crippen LogP contribution in [0, 0.1) is 11.7 Å². The highest BCUT2D eigenvalue weighted by Crippen LogP contribution is 2.10. The zero-order valence-electron chi connectivity index (χ0n) is 16.4. The van der Waals surface area contributed by atoms with E-state index >= 15 is 0 Å². The molecule has 2 aromatic rings. The molecule has 0 unspecified atom stereocenters. The van der Waals surface area contributed by atoms with Gasteiger partial charge in [0.05, 0.1) is 12.6 Å². The smallest absolute Gasteiger partial charge is 0.328 e. The summed E-state index contributed by atoms with van der Waals surface area (Å²) in [6, 6.07) is 4.81. The fourth-order valence-electron chi connectivity index (χ4n) is 2.43. The highest BCUT2D eigenvalue weighted by molar-refractivity contribution is 5.97. The van der Waals surface area contributed by atoms with Gasteiger partial charge >= 0.3 is 5.69 Å². The van der Waals surface area contributed by atoms with Gasteiger partial charge in [-0.3, -0.25) is 19.0 Å². The number of halogens is 1. The van der Waals surface area contributed by atoms with Crippen molar-refractivity contribution < 1.29 is 14.0 Å². The minimum absolute atomic E-state index is 0.0596. The van der Waals surface area contributed by atoms with Gasteiger partial charge in [0.15, 0.2) is 0 Å². The van der Waals surface area contributed by atoms with Gasteiger partial charge in [-0.25, -0.2) is 4.79 Å². The number of hydrogen-bond donors (Lipinski definition) is 4. The van der Waals surface area contributed by atoms with Crippen molar-refractivity contribution >= 4 is 17.5 Å². The van der Waals surface area contributed by atoms with E-state index in [4.69, 9.17) is 5.73 Å². The molecule has 0 saturated heterocycles. The molecule has 5 N–H and O–H groups in total.